The molecule has 2 amide bonds. The highest BCUT2D eigenvalue weighted by Gasteiger charge is 2.39. The number of carboxylic acids is 1. The molecule has 1 aliphatic heterocycles. The third-order valence-electron chi connectivity index (χ3n) is 6.07. The van der Waals surface area contributed by atoms with Gasteiger partial charge in [-0.2, -0.15) is 0 Å². The molecule has 2 aromatic rings. The van der Waals surface area contributed by atoms with E-state index in [1.807, 2.05) is 36.4 Å². The van der Waals surface area contributed by atoms with Crippen LogP contribution in [0.1, 0.15) is 36.8 Å². The number of hydrogen-bond acceptors (Lipinski definition) is 5. The summed E-state index contributed by atoms with van der Waals surface area (Å²) in [6, 6.07) is 14.5. The Morgan fingerprint density at radius 3 is 2.28 bits per heavy atom. The zero-order valence-corrected chi connectivity index (χ0v) is 17.7. The zero-order valence-electron chi connectivity index (χ0n) is 17.7. The van der Waals surface area contributed by atoms with Crippen LogP contribution in [0.2, 0.25) is 0 Å². The van der Waals surface area contributed by atoms with Crippen molar-refractivity contribution in [3.8, 4) is 11.1 Å². The molecule has 0 saturated carbocycles. The number of fused-ring (bicyclic) bond motifs is 3. The normalized spacial score (nSPS) is 20.4. The van der Waals surface area contributed by atoms with Crippen LogP contribution in [0, 0.1) is 0 Å². The summed E-state index contributed by atoms with van der Waals surface area (Å²) in [5.41, 5.74) is 4.49. The summed E-state index contributed by atoms with van der Waals surface area (Å²) in [6.45, 7) is 1.80. The van der Waals surface area contributed by atoms with E-state index in [0.717, 1.165) is 27.2 Å². The van der Waals surface area contributed by atoms with E-state index in [1.165, 1.54) is 0 Å². The molecule has 1 heterocycles. The van der Waals surface area contributed by atoms with E-state index in [9.17, 15) is 24.6 Å². The number of likely N-dealkylation sites (tertiary alicyclic amines) is 1. The highest BCUT2D eigenvalue weighted by molar-refractivity contribution is 5.85. The maximum absolute atomic E-state index is 12.5. The van der Waals surface area contributed by atoms with Crippen LogP contribution in [0.25, 0.3) is 11.1 Å². The van der Waals surface area contributed by atoms with Crippen LogP contribution in [0.4, 0.5) is 4.79 Å². The number of aliphatic hydroxyl groups is 1. The topological polar surface area (TPSA) is 116 Å². The Labute approximate surface area is 185 Å². The molecular formula is C24H26N2O6. The van der Waals surface area contributed by atoms with Crippen LogP contribution < -0.4 is 5.32 Å². The molecule has 2 aliphatic rings. The van der Waals surface area contributed by atoms with Gasteiger partial charge in [0.2, 0.25) is 5.91 Å². The summed E-state index contributed by atoms with van der Waals surface area (Å²) in [7, 11) is 0. The molecule has 3 atom stereocenters. The molecule has 0 aromatic heterocycles. The molecule has 2 aromatic carbocycles. The van der Waals surface area contributed by atoms with Crippen LogP contribution in [0.15, 0.2) is 48.5 Å². The Balaban J connectivity index is 1.33. The number of ether oxygens (including phenoxy) is 1. The minimum absolute atomic E-state index is 0.00919. The summed E-state index contributed by atoms with van der Waals surface area (Å²) >= 11 is 0. The van der Waals surface area contributed by atoms with Crippen molar-refractivity contribution in [3.63, 3.8) is 0 Å². The van der Waals surface area contributed by atoms with Gasteiger partial charge >= 0.3 is 12.1 Å². The third kappa shape index (κ3) is 4.31. The first-order valence-electron chi connectivity index (χ1n) is 10.7. The second-order valence-corrected chi connectivity index (χ2v) is 8.36. The van der Waals surface area contributed by atoms with Crippen molar-refractivity contribution in [2.45, 2.75) is 43.9 Å². The number of alkyl carbamates (subject to hydrolysis) is 1. The van der Waals surface area contributed by atoms with Crippen LogP contribution in [-0.2, 0) is 14.3 Å². The fraction of sp³-hybridized carbons (Fsp3) is 0.375. The second kappa shape index (κ2) is 9.00. The number of nitrogens with zero attached hydrogens (tertiary/aromatic N) is 1. The van der Waals surface area contributed by atoms with Gasteiger partial charge in [0.25, 0.3) is 0 Å². The highest BCUT2D eigenvalue weighted by Crippen LogP contribution is 2.44. The van der Waals surface area contributed by atoms with Gasteiger partial charge in [-0.3, -0.25) is 4.79 Å². The number of benzene rings is 2. The standard InChI is InChI=1S/C24H26N2O6/c1-14(10-22(28)26-12-15(27)11-21(26)23(29)30)25-24(31)32-13-20-18-8-4-2-6-16(18)17-7-3-5-9-19(17)20/h2-9,14-15,20-21,27H,10-13H2,1H3,(H,25,31)(H,29,30)/t14-,15-,21-/m0/s1. The number of aliphatic carboxylic acids is 1. The van der Waals surface area contributed by atoms with Crippen molar-refractivity contribution in [2.75, 3.05) is 13.2 Å². The molecule has 0 spiro atoms. The molecule has 1 fully saturated rings. The lowest BCUT2D eigenvalue weighted by Gasteiger charge is -2.23. The number of hydrogen-bond donors (Lipinski definition) is 3. The number of nitrogens with one attached hydrogen (secondary N) is 1. The van der Waals surface area contributed by atoms with Crippen molar-refractivity contribution in [1.29, 1.82) is 0 Å². The number of aliphatic hydroxyl groups excluding tert-OH is 1. The Morgan fingerprint density at radius 1 is 1.09 bits per heavy atom. The van der Waals surface area contributed by atoms with E-state index < -0.39 is 36.2 Å². The molecule has 168 valence electrons. The zero-order chi connectivity index (χ0) is 22.8. The largest absolute Gasteiger partial charge is 0.480 e. The molecule has 0 bridgehead atoms. The number of rotatable bonds is 6. The van der Waals surface area contributed by atoms with E-state index in [1.54, 1.807) is 6.92 Å². The summed E-state index contributed by atoms with van der Waals surface area (Å²) < 4.78 is 5.48. The molecule has 0 radical (unpaired) electrons. The van der Waals surface area contributed by atoms with Gasteiger partial charge in [-0.15, -0.1) is 0 Å². The monoisotopic (exact) mass is 438 g/mol. The highest BCUT2D eigenvalue weighted by atomic mass is 16.5. The number of carbonyl (C=O) groups is 3. The average Bonchev–Trinajstić information content (AvgIpc) is 3.31. The average molecular weight is 438 g/mol. The Hall–Kier alpha value is -3.39. The molecule has 8 heteroatoms. The van der Waals surface area contributed by atoms with E-state index in [0.29, 0.717) is 0 Å². The first-order chi connectivity index (χ1) is 15.3. The Bertz CT molecular complexity index is 993. The summed E-state index contributed by atoms with van der Waals surface area (Å²) in [4.78, 5) is 37.3. The molecule has 8 nitrogen and oxygen atoms in total. The predicted molar refractivity (Wildman–Crippen MR) is 116 cm³/mol. The van der Waals surface area contributed by atoms with E-state index in [-0.39, 0.29) is 31.9 Å². The molecule has 0 unspecified atom stereocenters. The van der Waals surface area contributed by atoms with Gasteiger partial charge in [-0.05, 0) is 29.2 Å². The number of carboxylic acid groups (broad SMARTS) is 1. The molecule has 4 rings (SSSR count). The van der Waals surface area contributed by atoms with Gasteiger partial charge in [0.05, 0.1) is 6.10 Å². The SMILES string of the molecule is C[C@@H](CC(=O)N1C[C@@H](O)C[C@H]1C(=O)O)NC(=O)OCC1c2ccccc2-c2ccccc21. The molecule has 3 N–H and O–H groups in total. The van der Waals surface area contributed by atoms with Crippen LogP contribution in [0.3, 0.4) is 0 Å². The maximum Gasteiger partial charge on any atom is 0.407 e. The molecule has 1 aliphatic carbocycles. The predicted octanol–water partition coefficient (Wildman–Crippen LogP) is 2.35. The van der Waals surface area contributed by atoms with Crippen LogP contribution in [0.5, 0.6) is 0 Å². The fourth-order valence-electron chi connectivity index (χ4n) is 4.60. The minimum atomic E-state index is -1.15. The quantitative estimate of drug-likeness (QED) is 0.638. The Morgan fingerprint density at radius 2 is 1.69 bits per heavy atom. The fourth-order valence-corrected chi connectivity index (χ4v) is 4.60. The summed E-state index contributed by atoms with van der Waals surface area (Å²) in [6.07, 6.45) is -1.57. The lowest BCUT2D eigenvalue weighted by molar-refractivity contribution is -0.148. The lowest BCUT2D eigenvalue weighted by Crippen LogP contribution is -2.44. The van der Waals surface area contributed by atoms with Crippen LogP contribution in [-0.4, -0.2) is 64.4 Å². The molecule has 32 heavy (non-hydrogen) atoms. The Kier molecular flexibility index (Phi) is 6.14. The smallest absolute Gasteiger partial charge is 0.407 e. The van der Waals surface area contributed by atoms with Gasteiger partial charge < -0.3 is 25.2 Å². The van der Waals surface area contributed by atoms with Gasteiger partial charge in [0.1, 0.15) is 12.6 Å². The molecule has 1 saturated heterocycles. The maximum atomic E-state index is 12.5. The van der Waals surface area contributed by atoms with E-state index >= 15 is 0 Å². The van der Waals surface area contributed by atoms with Crippen molar-refractivity contribution in [3.05, 3.63) is 59.7 Å². The second-order valence-electron chi connectivity index (χ2n) is 8.36. The number of amides is 2. The van der Waals surface area contributed by atoms with E-state index in [2.05, 4.69) is 17.4 Å². The first-order valence-corrected chi connectivity index (χ1v) is 10.7. The van der Waals surface area contributed by atoms with Gasteiger partial charge in [0.15, 0.2) is 0 Å². The van der Waals surface area contributed by atoms with Gasteiger partial charge in [-0.1, -0.05) is 48.5 Å². The van der Waals surface area contributed by atoms with Gasteiger partial charge in [-0.25, -0.2) is 9.59 Å². The first kappa shape index (κ1) is 21.8. The number of carbonyl (C=O) groups excluding carboxylic acids is 2. The van der Waals surface area contributed by atoms with Crippen molar-refractivity contribution >= 4 is 18.0 Å². The summed E-state index contributed by atoms with van der Waals surface area (Å²) in [5, 5.41) is 21.6. The lowest BCUT2D eigenvalue weighted by atomic mass is 9.98. The van der Waals surface area contributed by atoms with Crippen LogP contribution >= 0.6 is 0 Å². The summed E-state index contributed by atoms with van der Waals surface area (Å²) in [5.74, 6) is -1.64. The van der Waals surface area contributed by atoms with Crippen molar-refractivity contribution in [2.24, 2.45) is 0 Å². The van der Waals surface area contributed by atoms with Crippen molar-refractivity contribution < 1.29 is 29.3 Å². The van der Waals surface area contributed by atoms with E-state index in [4.69, 9.17) is 4.74 Å². The third-order valence-corrected chi connectivity index (χ3v) is 6.07. The molecular weight excluding hydrogens is 412 g/mol. The number of β-amino-alcohol motifs (C(OH)–C–C–N with tert-alkyl or cyclic N) is 1. The van der Waals surface area contributed by atoms with Crippen molar-refractivity contribution in [1.82, 2.24) is 10.2 Å². The van der Waals surface area contributed by atoms with Gasteiger partial charge in [0, 0.05) is 31.3 Å². The minimum Gasteiger partial charge on any atom is -0.480 e.